The van der Waals surface area contributed by atoms with Crippen LogP contribution in [0.15, 0.2) is 60.9 Å². The van der Waals surface area contributed by atoms with E-state index in [-0.39, 0.29) is 85.9 Å². The smallest absolute Gasteiger partial charge is 0.653 e. The van der Waals surface area contributed by atoms with E-state index in [9.17, 15) is 26.0 Å². The van der Waals surface area contributed by atoms with Gasteiger partial charge in [0.05, 0.1) is 59.4 Å². The average Bonchev–Trinajstić information content (AvgIpc) is 3.75. The van der Waals surface area contributed by atoms with E-state index in [4.69, 9.17) is 27.2 Å². The van der Waals surface area contributed by atoms with Gasteiger partial charge in [-0.2, -0.15) is 17.6 Å². The molecule has 15 nitrogen and oxygen atoms in total. The minimum atomic E-state index is -2.96. The molecule has 288 valence electrons. The SMILES string of the molecule is O.[2H]C([2H])([2H])Oc1ccnc(CS(=O)C2[N-]c3ccc(OC(F)F)cc3N2)c1OC.[2H]C([2H])([2H])Oc1ccnc(CS(=O)[C@@H]2[N-]c3ccc(OC(F)F)cc3N2)c1OC.[Mg+2]. The van der Waals surface area contributed by atoms with Crippen LogP contribution in [0.3, 0.4) is 0 Å². The number of anilines is 2. The van der Waals surface area contributed by atoms with Crippen molar-refractivity contribution in [3.05, 3.63) is 82.9 Å². The summed E-state index contributed by atoms with van der Waals surface area (Å²) in [6.07, 6.45) is 2.64. The first-order valence-electron chi connectivity index (χ1n) is 17.6. The van der Waals surface area contributed by atoms with Crippen LogP contribution in [-0.4, -0.2) is 99.4 Å². The minimum absolute atomic E-state index is 0. The van der Waals surface area contributed by atoms with Gasteiger partial charge in [0.15, 0.2) is 23.0 Å². The minimum Gasteiger partial charge on any atom is -0.653 e. The monoisotopic (exact) mass is 816 g/mol. The third-order valence-electron chi connectivity index (χ3n) is 7.03. The number of benzene rings is 2. The first-order chi connectivity index (χ1) is 27.3. The fourth-order valence-electron chi connectivity index (χ4n) is 4.84. The van der Waals surface area contributed by atoms with E-state index in [0.717, 1.165) is 0 Å². The maximum atomic E-state index is 12.8. The number of methoxy groups -OCH3 is 4. The second kappa shape index (κ2) is 20.2. The second-order valence-corrected chi connectivity index (χ2v) is 13.2. The quantitative estimate of drug-likeness (QED) is 0.120. The number of aromatic nitrogens is 2. The zero-order chi connectivity index (χ0) is 42.4. The maximum absolute atomic E-state index is 12.8. The molecule has 0 amide bonds. The third-order valence-corrected chi connectivity index (χ3v) is 9.58. The molecule has 4 atom stereocenters. The topological polar surface area (TPSA) is 199 Å². The summed E-state index contributed by atoms with van der Waals surface area (Å²) in [6.45, 7) is -5.92. The van der Waals surface area contributed by atoms with Crippen molar-refractivity contribution >= 4 is 67.4 Å². The van der Waals surface area contributed by atoms with Gasteiger partial charge in [0.25, 0.3) is 0 Å². The van der Waals surface area contributed by atoms with Crippen LogP contribution in [0.4, 0.5) is 40.3 Å². The first kappa shape index (κ1) is 35.2. The van der Waals surface area contributed by atoms with Gasteiger partial charge in [-0.1, -0.05) is 12.1 Å². The van der Waals surface area contributed by atoms with Crippen LogP contribution >= 0.6 is 0 Å². The Labute approximate surface area is 336 Å². The molecule has 0 aliphatic carbocycles. The molecule has 0 bridgehead atoms. The predicted octanol–water partition coefficient (Wildman–Crippen LogP) is 5.52. The van der Waals surface area contributed by atoms with E-state index in [0.29, 0.717) is 22.7 Å². The molecular formula is C32H34F4MgN6O9S2. The van der Waals surface area contributed by atoms with Gasteiger partial charge in [0.1, 0.15) is 11.5 Å². The number of rotatable bonds is 14. The Morgan fingerprint density at radius 1 is 0.722 bits per heavy atom. The number of fused-ring (bicyclic) bond motifs is 2. The van der Waals surface area contributed by atoms with Crippen molar-refractivity contribution in [2.75, 3.05) is 38.9 Å². The summed E-state index contributed by atoms with van der Waals surface area (Å²) in [4.78, 5) is 8.19. The first-order valence-corrected chi connectivity index (χ1v) is 17.4. The molecule has 4 heterocycles. The largest absolute Gasteiger partial charge is 2.00 e. The van der Waals surface area contributed by atoms with Crippen LogP contribution in [0.25, 0.3) is 10.6 Å². The number of alkyl halides is 4. The summed E-state index contributed by atoms with van der Waals surface area (Å²) in [7, 11) is -6.02. The number of hydrogen-bond donors (Lipinski definition) is 2. The van der Waals surface area contributed by atoms with E-state index in [1.807, 2.05) is 0 Å². The van der Waals surface area contributed by atoms with Crippen molar-refractivity contribution in [1.82, 2.24) is 9.97 Å². The number of hydrogen-bond acceptors (Lipinski definition) is 12. The zero-order valence-electron chi connectivity index (χ0n) is 34.1. The van der Waals surface area contributed by atoms with Gasteiger partial charge >= 0.3 is 36.3 Å². The molecule has 2 aliphatic rings. The number of nitrogens with zero attached hydrogens (tertiary/aromatic N) is 4. The molecule has 3 unspecified atom stereocenters. The molecular weight excluding hydrogens is 777 g/mol. The van der Waals surface area contributed by atoms with E-state index in [1.54, 1.807) is 0 Å². The molecule has 0 saturated carbocycles. The Kier molecular flexibility index (Phi) is 13.2. The van der Waals surface area contributed by atoms with Gasteiger partial charge < -0.3 is 55.2 Å². The molecule has 2 aromatic carbocycles. The molecule has 2 aliphatic heterocycles. The Balaban J connectivity index is 0.000000310. The molecule has 4 aromatic rings. The van der Waals surface area contributed by atoms with Gasteiger partial charge in [-0.15, -0.1) is 11.4 Å². The van der Waals surface area contributed by atoms with Gasteiger partial charge in [-0.3, -0.25) is 18.4 Å². The van der Waals surface area contributed by atoms with Crippen molar-refractivity contribution in [1.29, 1.82) is 0 Å². The standard InChI is InChI=1S/2C16H16F2N3O4S.Mg.H2O/c2*1-23-13-5-6-19-12(14(13)24-2)8-26(22)16-20-10-4-3-9(25-15(17)18)7-11(10)21-16;;/h2*3-7,15-16,21H,8H2,1-2H3;;1H2/q2*-1;+2;/t16-,26?;;;/m1.../s1/i2*1D3;;. The molecule has 0 fully saturated rings. The van der Waals surface area contributed by atoms with Crippen molar-refractivity contribution < 1.29 is 68.1 Å². The molecule has 54 heavy (non-hydrogen) atoms. The summed E-state index contributed by atoms with van der Waals surface area (Å²) >= 11 is 0. The van der Waals surface area contributed by atoms with Crippen LogP contribution in [0.1, 0.15) is 19.6 Å². The molecule has 0 spiro atoms. The fraction of sp³-hybridized carbons (Fsp3) is 0.312. The molecule has 6 rings (SSSR count). The summed E-state index contributed by atoms with van der Waals surface area (Å²) in [5.74, 6) is -0.323. The number of halogens is 4. The Morgan fingerprint density at radius 2 is 1.13 bits per heavy atom. The summed E-state index contributed by atoms with van der Waals surface area (Å²) in [5.41, 5.74) is 0.441. The van der Waals surface area contributed by atoms with Crippen molar-refractivity contribution in [2.24, 2.45) is 0 Å². The van der Waals surface area contributed by atoms with E-state index < -0.39 is 59.9 Å². The average molecular weight is 817 g/mol. The summed E-state index contributed by atoms with van der Waals surface area (Å²) in [6, 6.07) is 11.0. The Hall–Kier alpha value is -4.51. The van der Waals surface area contributed by atoms with Crippen molar-refractivity contribution in [2.45, 2.75) is 35.7 Å². The van der Waals surface area contributed by atoms with Crippen LogP contribution in [0.2, 0.25) is 0 Å². The molecule has 2 aromatic heterocycles. The predicted molar refractivity (Wildman–Crippen MR) is 195 cm³/mol. The number of ether oxygens (including phenoxy) is 6. The summed E-state index contributed by atoms with van der Waals surface area (Å²) < 4.78 is 147. The fourth-order valence-corrected chi connectivity index (χ4v) is 7.09. The van der Waals surface area contributed by atoms with Gasteiger partial charge in [0.2, 0.25) is 0 Å². The van der Waals surface area contributed by atoms with Gasteiger partial charge in [-0.05, 0) is 12.1 Å². The molecule has 0 radical (unpaired) electrons. The molecule has 22 heteroatoms. The normalized spacial score (nSPS) is 17.9. The maximum Gasteiger partial charge on any atom is 2.00 e. The van der Waals surface area contributed by atoms with Gasteiger partial charge in [-0.25, -0.2) is 0 Å². The summed E-state index contributed by atoms with van der Waals surface area (Å²) in [5, 5.41) is 14.3. The molecule has 4 N–H and O–H groups in total. The second-order valence-electron chi connectivity index (χ2n) is 10.2. The van der Waals surface area contributed by atoms with E-state index >= 15 is 0 Å². The number of pyridine rings is 2. The molecule has 0 saturated heterocycles. The van der Waals surface area contributed by atoms with Crippen LogP contribution in [-0.2, 0) is 33.1 Å². The number of nitrogens with one attached hydrogen (secondary N) is 2. The van der Waals surface area contributed by atoms with Crippen molar-refractivity contribution in [3.63, 3.8) is 0 Å². The van der Waals surface area contributed by atoms with Crippen molar-refractivity contribution in [3.8, 4) is 34.5 Å². The van der Waals surface area contributed by atoms with Gasteiger partial charge in [0, 0.05) is 80.6 Å². The van der Waals surface area contributed by atoms with Crippen LogP contribution in [0, 0.1) is 0 Å². The van der Waals surface area contributed by atoms with E-state index in [1.165, 1.54) is 75.1 Å². The van der Waals surface area contributed by atoms with E-state index in [2.05, 4.69) is 40.7 Å². The zero-order valence-corrected chi connectivity index (χ0v) is 31.1. The van der Waals surface area contributed by atoms with Crippen LogP contribution < -0.4 is 39.1 Å². The Morgan fingerprint density at radius 3 is 1.48 bits per heavy atom. The third kappa shape index (κ3) is 10.8. The Bertz CT molecular complexity index is 1990. The van der Waals surface area contributed by atoms with Crippen LogP contribution in [0.5, 0.6) is 34.5 Å².